The van der Waals surface area contributed by atoms with E-state index in [0.29, 0.717) is 16.9 Å². The summed E-state index contributed by atoms with van der Waals surface area (Å²) in [5, 5.41) is 21.9. The van der Waals surface area contributed by atoms with Crippen molar-refractivity contribution in [3.63, 3.8) is 0 Å². The number of carbonyl (C=O) groups is 1. The van der Waals surface area contributed by atoms with E-state index in [2.05, 4.69) is 9.71 Å². The molecule has 3 N–H and O–H groups in total. The molecular weight excluding hydrogens is 558 g/mol. The number of phenolic OH excluding ortho intramolecular Hbond substituents is 2. The van der Waals surface area contributed by atoms with Gasteiger partial charge in [0.25, 0.3) is 5.91 Å². The summed E-state index contributed by atoms with van der Waals surface area (Å²) >= 11 is 1.48. The molecule has 0 saturated heterocycles. The number of anilines is 1. The number of carbonyl (C=O) groups excluding carboxylic acids is 1. The third-order valence-corrected chi connectivity index (χ3v) is 8.72. The van der Waals surface area contributed by atoms with E-state index >= 15 is 0 Å². The van der Waals surface area contributed by atoms with Crippen molar-refractivity contribution >= 4 is 33.0 Å². The first-order valence-corrected chi connectivity index (χ1v) is 15.0. The highest BCUT2D eigenvalue weighted by atomic mass is 32.2. The van der Waals surface area contributed by atoms with Crippen LogP contribution in [0.4, 0.5) is 5.69 Å². The van der Waals surface area contributed by atoms with Crippen molar-refractivity contribution in [2.24, 2.45) is 0 Å². The second-order valence-corrected chi connectivity index (χ2v) is 12.2. The molecule has 2 heterocycles. The number of nitrogens with zero attached hydrogens (tertiary/aromatic N) is 2. The fourth-order valence-electron chi connectivity index (χ4n) is 4.35. The molecule has 0 unspecified atom stereocenters. The molecule has 0 spiro atoms. The maximum Gasteiger partial charge on any atom is 0.262 e. The number of amides is 1. The monoisotopic (exact) mass is 585 g/mol. The van der Waals surface area contributed by atoms with Gasteiger partial charge in [-0.15, -0.1) is 11.3 Å². The predicted octanol–water partition coefficient (Wildman–Crippen LogP) is 5.86. The van der Waals surface area contributed by atoms with Crippen LogP contribution in [0.1, 0.15) is 26.4 Å². The molecule has 5 aromatic rings. The number of aromatic hydroxyl groups is 2. The Hall–Kier alpha value is -4.51. The van der Waals surface area contributed by atoms with Crippen LogP contribution in [0.5, 0.6) is 11.5 Å². The van der Waals surface area contributed by atoms with Crippen molar-refractivity contribution in [1.82, 2.24) is 9.71 Å². The molecule has 0 bridgehead atoms. The van der Waals surface area contributed by atoms with Gasteiger partial charge in [0.15, 0.2) is 0 Å². The first kappa shape index (κ1) is 28.0. The maximum absolute atomic E-state index is 13.6. The molecular formula is C31H27N3O5S2. The average molecular weight is 586 g/mol. The van der Waals surface area contributed by atoms with Gasteiger partial charge in [-0.05, 0) is 59.8 Å². The summed E-state index contributed by atoms with van der Waals surface area (Å²) in [6.45, 7) is 2.26. The van der Waals surface area contributed by atoms with Crippen molar-refractivity contribution in [3.05, 3.63) is 124 Å². The number of rotatable bonds is 9. The van der Waals surface area contributed by atoms with Gasteiger partial charge in [-0.1, -0.05) is 48.5 Å². The smallest absolute Gasteiger partial charge is 0.262 e. The molecule has 0 fully saturated rings. The van der Waals surface area contributed by atoms with Gasteiger partial charge in [-0.2, -0.15) is 0 Å². The average Bonchev–Trinajstić information content (AvgIpc) is 3.49. The lowest BCUT2D eigenvalue weighted by Gasteiger charge is -2.24. The van der Waals surface area contributed by atoms with Crippen molar-refractivity contribution in [2.75, 3.05) is 4.90 Å². The van der Waals surface area contributed by atoms with E-state index < -0.39 is 15.9 Å². The Morgan fingerprint density at radius 3 is 2.37 bits per heavy atom. The molecule has 3 aromatic carbocycles. The molecule has 41 heavy (non-hydrogen) atoms. The van der Waals surface area contributed by atoms with Gasteiger partial charge >= 0.3 is 0 Å². The number of sulfonamides is 1. The zero-order chi connectivity index (χ0) is 29.0. The standard InChI is InChI=1S/C31H27N3O5S2/c1-21-16-27(41(38,39)33-18-26-8-5-15-40-26)19-32-30(21)23-9-11-24(12-10-23)34(20-22-6-3-2-4-7-22)31(37)28-14-13-25(35)17-29(28)36/h2-17,19,33,35-36H,18,20H2,1H3. The van der Waals surface area contributed by atoms with Gasteiger partial charge in [-0.25, -0.2) is 13.1 Å². The Morgan fingerprint density at radius 2 is 1.71 bits per heavy atom. The highest BCUT2D eigenvalue weighted by Gasteiger charge is 2.22. The number of hydrogen-bond donors (Lipinski definition) is 3. The molecule has 0 aliphatic heterocycles. The highest BCUT2D eigenvalue weighted by molar-refractivity contribution is 7.89. The van der Waals surface area contributed by atoms with Crippen molar-refractivity contribution in [3.8, 4) is 22.8 Å². The first-order valence-electron chi connectivity index (χ1n) is 12.7. The van der Waals surface area contributed by atoms with Gasteiger partial charge < -0.3 is 15.1 Å². The van der Waals surface area contributed by atoms with E-state index in [1.807, 2.05) is 60.0 Å². The van der Waals surface area contributed by atoms with Gasteiger partial charge in [0.05, 0.1) is 17.8 Å². The summed E-state index contributed by atoms with van der Waals surface area (Å²) in [7, 11) is -3.73. The minimum absolute atomic E-state index is 0.0600. The van der Waals surface area contributed by atoms with E-state index in [-0.39, 0.29) is 35.0 Å². The van der Waals surface area contributed by atoms with Crippen LogP contribution in [0.15, 0.2) is 107 Å². The van der Waals surface area contributed by atoms with Crippen molar-refractivity contribution in [2.45, 2.75) is 24.9 Å². The second kappa shape index (κ2) is 11.9. The Bertz CT molecular complexity index is 1770. The van der Waals surface area contributed by atoms with E-state index in [1.54, 1.807) is 30.0 Å². The number of nitrogens with one attached hydrogen (secondary N) is 1. The van der Waals surface area contributed by atoms with Crippen LogP contribution < -0.4 is 9.62 Å². The fourth-order valence-corrected chi connectivity index (χ4v) is 6.12. The largest absolute Gasteiger partial charge is 0.508 e. The van der Waals surface area contributed by atoms with Gasteiger partial charge in [0.2, 0.25) is 10.0 Å². The van der Waals surface area contributed by atoms with Crippen LogP contribution in [-0.4, -0.2) is 29.5 Å². The van der Waals surface area contributed by atoms with E-state index in [4.69, 9.17) is 0 Å². The van der Waals surface area contributed by atoms with Gasteiger partial charge in [-0.3, -0.25) is 9.78 Å². The molecule has 0 saturated carbocycles. The molecule has 0 aliphatic carbocycles. The minimum atomic E-state index is -3.73. The lowest BCUT2D eigenvalue weighted by atomic mass is 10.1. The molecule has 0 aliphatic rings. The molecule has 1 amide bonds. The molecule has 2 aromatic heterocycles. The Kier molecular flexibility index (Phi) is 8.16. The van der Waals surface area contributed by atoms with Crippen LogP contribution in [-0.2, 0) is 23.1 Å². The number of aromatic nitrogens is 1. The van der Waals surface area contributed by atoms with E-state index in [9.17, 15) is 23.4 Å². The topological polar surface area (TPSA) is 120 Å². The summed E-state index contributed by atoms with van der Waals surface area (Å²) in [6.07, 6.45) is 1.34. The summed E-state index contributed by atoms with van der Waals surface area (Å²) in [5.41, 5.74) is 3.59. The Balaban J connectivity index is 1.41. The summed E-state index contributed by atoms with van der Waals surface area (Å²) in [6, 6.07) is 25.9. The molecule has 5 rings (SSSR count). The van der Waals surface area contributed by atoms with E-state index in [0.717, 1.165) is 22.1 Å². The molecule has 0 atom stereocenters. The first-order chi connectivity index (χ1) is 19.7. The van der Waals surface area contributed by atoms with Crippen LogP contribution >= 0.6 is 11.3 Å². The van der Waals surface area contributed by atoms with Crippen LogP contribution in [0, 0.1) is 6.92 Å². The fraction of sp³-hybridized carbons (Fsp3) is 0.0968. The number of phenols is 2. The van der Waals surface area contributed by atoms with Crippen LogP contribution in [0.2, 0.25) is 0 Å². The second-order valence-electron chi connectivity index (χ2n) is 9.37. The highest BCUT2D eigenvalue weighted by Crippen LogP contribution is 2.30. The summed E-state index contributed by atoms with van der Waals surface area (Å²) in [4.78, 5) is 20.5. The number of benzene rings is 3. The number of aryl methyl sites for hydroxylation is 1. The normalized spacial score (nSPS) is 11.3. The van der Waals surface area contributed by atoms with Crippen LogP contribution in [0.3, 0.4) is 0 Å². The summed E-state index contributed by atoms with van der Waals surface area (Å²) in [5.74, 6) is -0.888. The molecule has 10 heteroatoms. The van der Waals surface area contributed by atoms with Gasteiger partial charge in [0.1, 0.15) is 16.4 Å². The van der Waals surface area contributed by atoms with Crippen molar-refractivity contribution in [1.29, 1.82) is 0 Å². The lowest BCUT2D eigenvalue weighted by molar-refractivity contribution is 0.0982. The number of hydrogen-bond acceptors (Lipinski definition) is 7. The molecule has 8 nitrogen and oxygen atoms in total. The minimum Gasteiger partial charge on any atom is -0.508 e. The third-order valence-electron chi connectivity index (χ3n) is 6.47. The predicted molar refractivity (Wildman–Crippen MR) is 159 cm³/mol. The molecule has 208 valence electrons. The Morgan fingerprint density at radius 1 is 0.951 bits per heavy atom. The number of thiophene rings is 1. The maximum atomic E-state index is 13.6. The molecule has 0 radical (unpaired) electrons. The third kappa shape index (κ3) is 6.46. The van der Waals surface area contributed by atoms with Crippen molar-refractivity contribution < 1.29 is 23.4 Å². The quantitative estimate of drug-likeness (QED) is 0.200. The van der Waals surface area contributed by atoms with Crippen LogP contribution in [0.25, 0.3) is 11.3 Å². The summed E-state index contributed by atoms with van der Waals surface area (Å²) < 4.78 is 28.2. The van der Waals surface area contributed by atoms with E-state index in [1.165, 1.54) is 29.7 Å². The SMILES string of the molecule is Cc1cc(S(=O)(=O)NCc2cccs2)cnc1-c1ccc(N(Cc2ccccc2)C(=O)c2ccc(O)cc2O)cc1. The zero-order valence-electron chi connectivity index (χ0n) is 22.1. The number of pyridine rings is 1. The Labute approximate surface area is 242 Å². The lowest BCUT2D eigenvalue weighted by Crippen LogP contribution is -2.30. The van der Waals surface area contributed by atoms with Gasteiger partial charge in [0, 0.05) is 34.9 Å². The zero-order valence-corrected chi connectivity index (χ0v) is 23.7.